The Kier molecular flexibility index (Phi) is 5.66. The molecule has 24 heavy (non-hydrogen) atoms. The zero-order valence-corrected chi connectivity index (χ0v) is 14.4. The van der Waals surface area contributed by atoms with E-state index in [1.807, 2.05) is 0 Å². The third kappa shape index (κ3) is 4.17. The molecular formula is C16H20ClN3O4. The van der Waals surface area contributed by atoms with E-state index in [-0.39, 0.29) is 23.1 Å². The van der Waals surface area contributed by atoms with Crippen LogP contribution in [0.3, 0.4) is 0 Å². The third-order valence-corrected chi connectivity index (χ3v) is 4.13. The lowest BCUT2D eigenvalue weighted by molar-refractivity contribution is -0.143. The second-order valence-corrected chi connectivity index (χ2v) is 6.03. The highest BCUT2D eigenvalue weighted by molar-refractivity contribution is 6.31. The summed E-state index contributed by atoms with van der Waals surface area (Å²) in [5.41, 5.74) is 5.44. The van der Waals surface area contributed by atoms with Crippen LogP contribution in [0.4, 0.5) is 0 Å². The second-order valence-electron chi connectivity index (χ2n) is 5.60. The van der Waals surface area contributed by atoms with Crippen LogP contribution in [0.2, 0.25) is 5.02 Å². The van der Waals surface area contributed by atoms with Crippen molar-refractivity contribution in [1.82, 2.24) is 9.80 Å². The molecule has 1 fully saturated rings. The highest BCUT2D eigenvalue weighted by atomic mass is 35.5. The zero-order valence-electron chi connectivity index (χ0n) is 13.6. The van der Waals surface area contributed by atoms with Crippen molar-refractivity contribution in [3.8, 4) is 5.75 Å². The Balaban J connectivity index is 2.02. The van der Waals surface area contributed by atoms with Gasteiger partial charge in [0.05, 0.1) is 5.56 Å². The number of piperazine rings is 1. The molecular weight excluding hydrogens is 334 g/mol. The van der Waals surface area contributed by atoms with Crippen molar-refractivity contribution in [3.05, 3.63) is 28.8 Å². The number of halogens is 1. The first-order valence-electron chi connectivity index (χ1n) is 7.60. The van der Waals surface area contributed by atoms with Crippen LogP contribution in [0.5, 0.6) is 5.75 Å². The van der Waals surface area contributed by atoms with Gasteiger partial charge in [-0.15, -0.1) is 0 Å². The normalized spacial score (nSPS) is 15.8. The SMILES string of the molecule is CC(=O)N1CCN(C(=O)C(C)Oc2ccc(Cl)cc2C(N)=O)CC1. The summed E-state index contributed by atoms with van der Waals surface area (Å²) in [6, 6.07) is 4.48. The first-order chi connectivity index (χ1) is 11.3. The number of hydrogen-bond acceptors (Lipinski definition) is 4. The number of hydrogen-bond donors (Lipinski definition) is 1. The van der Waals surface area contributed by atoms with Crippen LogP contribution in [0.15, 0.2) is 18.2 Å². The molecule has 1 aliphatic heterocycles. The molecule has 7 nitrogen and oxygen atoms in total. The molecule has 1 aromatic rings. The van der Waals surface area contributed by atoms with Crippen LogP contribution in [0.1, 0.15) is 24.2 Å². The van der Waals surface area contributed by atoms with E-state index in [0.29, 0.717) is 31.2 Å². The summed E-state index contributed by atoms with van der Waals surface area (Å²) in [5, 5.41) is 0.357. The van der Waals surface area contributed by atoms with Crippen molar-refractivity contribution >= 4 is 29.3 Å². The summed E-state index contributed by atoms with van der Waals surface area (Å²) in [7, 11) is 0. The number of carbonyl (C=O) groups excluding carboxylic acids is 3. The molecule has 0 spiro atoms. The van der Waals surface area contributed by atoms with Gasteiger partial charge in [-0.2, -0.15) is 0 Å². The Morgan fingerprint density at radius 3 is 2.29 bits per heavy atom. The van der Waals surface area contributed by atoms with Crippen LogP contribution in [-0.2, 0) is 9.59 Å². The van der Waals surface area contributed by atoms with Crippen molar-refractivity contribution < 1.29 is 19.1 Å². The molecule has 1 saturated heterocycles. The summed E-state index contributed by atoms with van der Waals surface area (Å²) in [6.45, 7) is 5.03. The lowest BCUT2D eigenvalue weighted by Gasteiger charge is -2.35. The van der Waals surface area contributed by atoms with Crippen molar-refractivity contribution in [2.75, 3.05) is 26.2 Å². The monoisotopic (exact) mass is 353 g/mol. The van der Waals surface area contributed by atoms with E-state index in [0.717, 1.165) is 0 Å². The molecule has 1 heterocycles. The van der Waals surface area contributed by atoms with Gasteiger partial charge in [-0.1, -0.05) is 11.6 Å². The number of primary amides is 1. The minimum absolute atomic E-state index is 0.00124. The van der Waals surface area contributed by atoms with Gasteiger partial charge in [0.2, 0.25) is 5.91 Å². The number of carbonyl (C=O) groups is 3. The van der Waals surface area contributed by atoms with E-state index in [9.17, 15) is 14.4 Å². The fraction of sp³-hybridized carbons (Fsp3) is 0.438. The fourth-order valence-electron chi connectivity index (χ4n) is 2.54. The molecule has 1 aliphatic rings. The average Bonchev–Trinajstić information content (AvgIpc) is 2.55. The molecule has 3 amide bonds. The summed E-state index contributed by atoms with van der Waals surface area (Å²) < 4.78 is 5.62. The van der Waals surface area contributed by atoms with Crippen molar-refractivity contribution in [1.29, 1.82) is 0 Å². The van der Waals surface area contributed by atoms with E-state index in [4.69, 9.17) is 22.1 Å². The number of rotatable bonds is 4. The maximum atomic E-state index is 12.5. The summed E-state index contributed by atoms with van der Waals surface area (Å²) >= 11 is 5.85. The lowest BCUT2D eigenvalue weighted by Crippen LogP contribution is -2.52. The first kappa shape index (κ1) is 18.1. The van der Waals surface area contributed by atoms with Gasteiger partial charge < -0.3 is 20.3 Å². The van der Waals surface area contributed by atoms with Gasteiger partial charge in [0.1, 0.15) is 5.75 Å². The number of amides is 3. The first-order valence-corrected chi connectivity index (χ1v) is 7.97. The Hall–Kier alpha value is -2.28. The molecule has 2 rings (SSSR count). The minimum atomic E-state index is -0.784. The van der Waals surface area contributed by atoms with E-state index in [2.05, 4.69) is 0 Å². The van der Waals surface area contributed by atoms with Crippen LogP contribution in [-0.4, -0.2) is 59.8 Å². The zero-order chi connectivity index (χ0) is 17.9. The molecule has 0 aliphatic carbocycles. The van der Waals surface area contributed by atoms with E-state index in [1.54, 1.807) is 22.8 Å². The van der Waals surface area contributed by atoms with Gasteiger partial charge in [0.15, 0.2) is 6.10 Å². The van der Waals surface area contributed by atoms with Crippen LogP contribution < -0.4 is 10.5 Å². The molecule has 1 unspecified atom stereocenters. The predicted octanol–water partition coefficient (Wildman–Crippen LogP) is 0.897. The molecule has 2 N–H and O–H groups in total. The van der Waals surface area contributed by atoms with Gasteiger partial charge in [0, 0.05) is 38.1 Å². The topological polar surface area (TPSA) is 92.9 Å². The number of benzene rings is 1. The molecule has 1 aromatic carbocycles. The minimum Gasteiger partial charge on any atom is -0.480 e. The van der Waals surface area contributed by atoms with Crippen LogP contribution in [0, 0.1) is 0 Å². The van der Waals surface area contributed by atoms with Crippen molar-refractivity contribution in [3.63, 3.8) is 0 Å². The van der Waals surface area contributed by atoms with Gasteiger partial charge in [-0.3, -0.25) is 14.4 Å². The highest BCUT2D eigenvalue weighted by Crippen LogP contribution is 2.24. The van der Waals surface area contributed by atoms with Crippen molar-refractivity contribution in [2.45, 2.75) is 20.0 Å². The third-order valence-electron chi connectivity index (χ3n) is 3.90. The Morgan fingerprint density at radius 1 is 1.17 bits per heavy atom. The smallest absolute Gasteiger partial charge is 0.263 e. The second kappa shape index (κ2) is 7.53. The quantitative estimate of drug-likeness (QED) is 0.870. The van der Waals surface area contributed by atoms with Gasteiger partial charge in [-0.25, -0.2) is 0 Å². The highest BCUT2D eigenvalue weighted by Gasteiger charge is 2.27. The van der Waals surface area contributed by atoms with E-state index in [1.165, 1.54) is 19.1 Å². The van der Waals surface area contributed by atoms with E-state index < -0.39 is 12.0 Å². The van der Waals surface area contributed by atoms with Crippen molar-refractivity contribution in [2.24, 2.45) is 5.73 Å². The Labute approximate surface area is 145 Å². The summed E-state index contributed by atoms with van der Waals surface area (Å²) in [4.78, 5) is 38.6. The maximum Gasteiger partial charge on any atom is 0.263 e. The Bertz CT molecular complexity index is 657. The molecule has 1 atom stereocenters. The van der Waals surface area contributed by atoms with Crippen LogP contribution >= 0.6 is 11.6 Å². The van der Waals surface area contributed by atoms with Gasteiger partial charge in [-0.05, 0) is 25.1 Å². The summed E-state index contributed by atoms with van der Waals surface area (Å²) in [5.74, 6) is -0.667. The lowest BCUT2D eigenvalue weighted by atomic mass is 10.2. The molecule has 0 bridgehead atoms. The standard InChI is InChI=1S/C16H20ClN3O4/c1-10(16(23)20-7-5-19(6-8-20)11(2)21)24-14-4-3-12(17)9-13(14)15(18)22/h3-4,9-10H,5-8H2,1-2H3,(H2,18,22). The molecule has 0 aromatic heterocycles. The van der Waals surface area contributed by atoms with Crippen LogP contribution in [0.25, 0.3) is 0 Å². The summed E-state index contributed by atoms with van der Waals surface area (Å²) in [6.07, 6.45) is -0.784. The van der Waals surface area contributed by atoms with Gasteiger partial charge in [0.25, 0.3) is 11.8 Å². The average molecular weight is 354 g/mol. The molecule has 8 heteroatoms. The largest absolute Gasteiger partial charge is 0.480 e. The predicted molar refractivity (Wildman–Crippen MR) is 88.9 cm³/mol. The maximum absolute atomic E-state index is 12.5. The number of ether oxygens (including phenoxy) is 1. The molecule has 0 radical (unpaired) electrons. The Morgan fingerprint density at radius 2 is 1.75 bits per heavy atom. The fourth-order valence-corrected chi connectivity index (χ4v) is 2.71. The molecule has 0 saturated carbocycles. The number of nitrogens with zero attached hydrogens (tertiary/aromatic N) is 2. The number of nitrogens with two attached hydrogens (primary N) is 1. The van der Waals surface area contributed by atoms with Gasteiger partial charge >= 0.3 is 0 Å². The molecule has 130 valence electrons. The van der Waals surface area contributed by atoms with E-state index >= 15 is 0 Å².